The Hall–Kier alpha value is -3.46. The second kappa shape index (κ2) is 12.0. The molecule has 0 spiro atoms. The number of pyridine rings is 1. The Bertz CT molecular complexity index is 1260. The first kappa shape index (κ1) is 25.6. The molecule has 5 rings (SSSR count). The van der Waals surface area contributed by atoms with E-state index in [-0.39, 0.29) is 12.4 Å². The van der Waals surface area contributed by atoms with Gasteiger partial charge in [-0.15, -0.1) is 12.4 Å². The maximum absolute atomic E-state index is 8.28. The van der Waals surface area contributed by atoms with Gasteiger partial charge in [-0.1, -0.05) is 30.3 Å². The number of nitrogens with zero attached hydrogens (tertiary/aromatic N) is 4. The van der Waals surface area contributed by atoms with E-state index in [2.05, 4.69) is 12.1 Å². The van der Waals surface area contributed by atoms with Gasteiger partial charge in [0.05, 0.1) is 32.1 Å². The van der Waals surface area contributed by atoms with Crippen molar-refractivity contribution in [2.75, 3.05) is 52.6 Å². The molecule has 0 atom stereocenters. The average molecular weight is 507 g/mol. The summed E-state index contributed by atoms with van der Waals surface area (Å²) in [6.45, 7) is 5.77. The number of halogens is 1. The van der Waals surface area contributed by atoms with Gasteiger partial charge in [0.15, 0.2) is 0 Å². The zero-order chi connectivity index (χ0) is 24.0. The summed E-state index contributed by atoms with van der Waals surface area (Å²) in [5.74, 6) is 1.02. The molecular weight excluding hydrogens is 476 g/mol. The first-order valence-electron chi connectivity index (χ1n) is 11.9. The average Bonchev–Trinajstić information content (AvgIpc) is 3.35. The minimum atomic E-state index is 0. The standard InChI is InChI=1S/C27H30N6O2.ClH/c28-25(31-11-15-34-16-12-31)8-3-21-1-6-23(7-2-21)24-20-33-19-22(5-10-27(33)30-24)4-9-26(29)32-13-17-35-18-14-32;/h1-10,19-20,28-29H,11-18H2;1H/b8-3+,9-4+,28-25?,29-26?;. The molecule has 188 valence electrons. The number of rotatable bonds is 5. The number of morpholine rings is 2. The number of benzene rings is 1. The fraction of sp³-hybridized carbons (Fsp3) is 0.296. The van der Waals surface area contributed by atoms with Crippen LogP contribution in [-0.2, 0) is 9.47 Å². The summed E-state index contributed by atoms with van der Waals surface area (Å²) >= 11 is 0. The van der Waals surface area contributed by atoms with Crippen molar-refractivity contribution < 1.29 is 9.47 Å². The van der Waals surface area contributed by atoms with Crippen LogP contribution in [0.4, 0.5) is 0 Å². The van der Waals surface area contributed by atoms with Crippen molar-refractivity contribution in [2.45, 2.75) is 0 Å². The van der Waals surface area contributed by atoms with E-state index in [1.807, 2.05) is 75.2 Å². The molecule has 9 heteroatoms. The molecule has 2 aliphatic heterocycles. The summed E-state index contributed by atoms with van der Waals surface area (Å²) in [4.78, 5) is 8.82. The second-order valence-electron chi connectivity index (χ2n) is 8.61. The van der Waals surface area contributed by atoms with Gasteiger partial charge in [0.1, 0.15) is 17.3 Å². The highest BCUT2D eigenvalue weighted by atomic mass is 35.5. The summed E-state index contributed by atoms with van der Waals surface area (Å²) in [6.07, 6.45) is 11.7. The van der Waals surface area contributed by atoms with Crippen molar-refractivity contribution in [1.82, 2.24) is 19.2 Å². The van der Waals surface area contributed by atoms with E-state index in [4.69, 9.17) is 25.3 Å². The quantitative estimate of drug-likeness (QED) is 0.402. The molecule has 0 saturated carbocycles. The third kappa shape index (κ3) is 6.20. The van der Waals surface area contributed by atoms with E-state index in [1.165, 1.54) is 0 Å². The normalized spacial score (nSPS) is 16.6. The molecule has 0 amide bonds. The summed E-state index contributed by atoms with van der Waals surface area (Å²) in [6, 6.07) is 12.2. The van der Waals surface area contributed by atoms with Crippen molar-refractivity contribution in [1.29, 1.82) is 10.8 Å². The Morgan fingerprint density at radius 1 is 0.722 bits per heavy atom. The Labute approximate surface area is 217 Å². The Balaban J connectivity index is 0.00000304. The molecule has 2 aromatic heterocycles. The zero-order valence-electron chi connectivity index (χ0n) is 20.1. The van der Waals surface area contributed by atoms with Crippen LogP contribution in [0.2, 0.25) is 0 Å². The monoisotopic (exact) mass is 506 g/mol. The van der Waals surface area contributed by atoms with E-state index >= 15 is 0 Å². The first-order chi connectivity index (χ1) is 17.2. The predicted octanol–water partition coefficient (Wildman–Crippen LogP) is 4.07. The van der Waals surface area contributed by atoms with Crippen LogP contribution >= 0.6 is 12.4 Å². The number of ether oxygens (including phenoxy) is 2. The second-order valence-corrected chi connectivity index (χ2v) is 8.61. The Kier molecular flexibility index (Phi) is 8.53. The molecule has 0 bridgehead atoms. The number of aromatic nitrogens is 2. The van der Waals surface area contributed by atoms with Crippen LogP contribution in [0.1, 0.15) is 11.1 Å². The van der Waals surface area contributed by atoms with E-state index in [0.717, 1.165) is 54.2 Å². The molecular formula is C27H31ClN6O2. The van der Waals surface area contributed by atoms with E-state index in [1.54, 1.807) is 0 Å². The lowest BCUT2D eigenvalue weighted by Gasteiger charge is -2.27. The van der Waals surface area contributed by atoms with Crippen LogP contribution < -0.4 is 0 Å². The van der Waals surface area contributed by atoms with Gasteiger partial charge in [0, 0.05) is 44.1 Å². The Morgan fingerprint density at radius 3 is 1.83 bits per heavy atom. The summed E-state index contributed by atoms with van der Waals surface area (Å²) in [5, 5.41) is 16.5. The Morgan fingerprint density at radius 2 is 1.25 bits per heavy atom. The van der Waals surface area contributed by atoms with Gasteiger partial charge in [-0.2, -0.15) is 0 Å². The van der Waals surface area contributed by atoms with E-state index in [9.17, 15) is 0 Å². The first-order valence-corrected chi connectivity index (χ1v) is 11.9. The molecule has 3 aromatic rings. The van der Waals surface area contributed by atoms with Gasteiger partial charge in [0.25, 0.3) is 0 Å². The fourth-order valence-corrected chi connectivity index (χ4v) is 4.18. The van der Waals surface area contributed by atoms with Crippen LogP contribution in [0.5, 0.6) is 0 Å². The third-order valence-electron chi connectivity index (χ3n) is 6.25. The number of nitrogens with one attached hydrogen (secondary N) is 2. The van der Waals surface area contributed by atoms with Crippen LogP contribution in [0, 0.1) is 10.8 Å². The van der Waals surface area contributed by atoms with Crippen molar-refractivity contribution >= 4 is 41.9 Å². The summed E-state index contributed by atoms with van der Waals surface area (Å²) in [7, 11) is 0. The molecule has 2 fully saturated rings. The molecule has 2 saturated heterocycles. The SMILES string of the molecule is Cl.N=C(/C=C/c1ccc(-c2cn3cc(/C=C/C(=N)N4CCOCC4)ccc3n2)cc1)N1CCOCC1. The molecule has 0 unspecified atom stereocenters. The van der Waals surface area contributed by atoms with Crippen molar-refractivity contribution in [3.63, 3.8) is 0 Å². The molecule has 2 aliphatic rings. The van der Waals surface area contributed by atoms with Gasteiger partial charge in [-0.25, -0.2) is 4.98 Å². The minimum Gasteiger partial charge on any atom is -0.378 e. The number of amidine groups is 2. The molecule has 1 aromatic carbocycles. The fourth-order valence-electron chi connectivity index (χ4n) is 4.18. The smallest absolute Gasteiger partial charge is 0.137 e. The molecule has 36 heavy (non-hydrogen) atoms. The molecule has 0 aliphatic carbocycles. The lowest BCUT2D eigenvalue weighted by atomic mass is 10.1. The lowest BCUT2D eigenvalue weighted by Crippen LogP contribution is -2.39. The number of fused-ring (bicyclic) bond motifs is 1. The van der Waals surface area contributed by atoms with Crippen LogP contribution in [0.15, 0.2) is 60.9 Å². The van der Waals surface area contributed by atoms with Gasteiger partial charge >= 0.3 is 0 Å². The highest BCUT2D eigenvalue weighted by Gasteiger charge is 2.12. The van der Waals surface area contributed by atoms with Gasteiger partial charge in [0.2, 0.25) is 0 Å². The third-order valence-corrected chi connectivity index (χ3v) is 6.25. The number of hydrogen-bond acceptors (Lipinski definition) is 5. The minimum absolute atomic E-state index is 0. The summed E-state index contributed by atoms with van der Waals surface area (Å²) < 4.78 is 12.7. The predicted molar refractivity (Wildman–Crippen MR) is 146 cm³/mol. The highest BCUT2D eigenvalue weighted by molar-refractivity contribution is 5.94. The van der Waals surface area contributed by atoms with E-state index < -0.39 is 0 Å². The van der Waals surface area contributed by atoms with Crippen LogP contribution in [-0.4, -0.2) is 83.5 Å². The lowest BCUT2D eigenvalue weighted by molar-refractivity contribution is 0.0681. The maximum Gasteiger partial charge on any atom is 0.137 e. The number of hydrogen-bond donors (Lipinski definition) is 2. The van der Waals surface area contributed by atoms with E-state index in [0.29, 0.717) is 38.1 Å². The maximum atomic E-state index is 8.28. The van der Waals surface area contributed by atoms with Gasteiger partial charge in [-0.05, 0) is 41.5 Å². The summed E-state index contributed by atoms with van der Waals surface area (Å²) in [5.41, 5.74) is 4.89. The largest absolute Gasteiger partial charge is 0.378 e. The van der Waals surface area contributed by atoms with Crippen LogP contribution in [0.25, 0.3) is 29.1 Å². The van der Waals surface area contributed by atoms with Crippen molar-refractivity contribution in [3.8, 4) is 11.3 Å². The van der Waals surface area contributed by atoms with Crippen molar-refractivity contribution in [3.05, 3.63) is 72.1 Å². The van der Waals surface area contributed by atoms with Crippen molar-refractivity contribution in [2.24, 2.45) is 0 Å². The molecule has 4 heterocycles. The molecule has 8 nitrogen and oxygen atoms in total. The van der Waals surface area contributed by atoms with Gasteiger partial charge < -0.3 is 23.7 Å². The molecule has 0 radical (unpaired) electrons. The topological polar surface area (TPSA) is 89.9 Å². The highest BCUT2D eigenvalue weighted by Crippen LogP contribution is 2.21. The van der Waals surface area contributed by atoms with Crippen LogP contribution in [0.3, 0.4) is 0 Å². The van der Waals surface area contributed by atoms with Gasteiger partial charge in [-0.3, -0.25) is 10.8 Å². The number of imidazole rings is 1. The molecule has 2 N–H and O–H groups in total. The zero-order valence-corrected chi connectivity index (χ0v) is 20.9.